The summed E-state index contributed by atoms with van der Waals surface area (Å²) in [7, 11) is 6.39. The van der Waals surface area contributed by atoms with Crippen LogP contribution in [0.1, 0.15) is 42.3 Å². The van der Waals surface area contributed by atoms with Crippen molar-refractivity contribution in [2.24, 2.45) is 0 Å². The van der Waals surface area contributed by atoms with Crippen molar-refractivity contribution < 1.29 is 0 Å². The molecule has 4 nitrogen and oxygen atoms in total. The van der Waals surface area contributed by atoms with Crippen LogP contribution in [-0.4, -0.2) is 50.2 Å². The summed E-state index contributed by atoms with van der Waals surface area (Å²) < 4.78 is 0. The molecule has 0 amide bonds. The third kappa shape index (κ3) is 2.71. The summed E-state index contributed by atoms with van der Waals surface area (Å²) in [5.74, 6) is 0. The number of aromatic nitrogens is 1. The van der Waals surface area contributed by atoms with Crippen molar-refractivity contribution in [1.29, 1.82) is 0 Å². The van der Waals surface area contributed by atoms with E-state index in [0.29, 0.717) is 12.1 Å². The predicted molar refractivity (Wildman–Crippen MR) is 85.8 cm³/mol. The molecule has 2 unspecified atom stereocenters. The van der Waals surface area contributed by atoms with Crippen LogP contribution in [-0.2, 0) is 6.42 Å². The highest BCUT2D eigenvalue weighted by atomic mass is 32.1. The highest BCUT2D eigenvalue weighted by Gasteiger charge is 2.30. The van der Waals surface area contributed by atoms with E-state index >= 15 is 0 Å². The van der Waals surface area contributed by atoms with Crippen molar-refractivity contribution in [3.63, 3.8) is 0 Å². The first kappa shape index (κ1) is 14.3. The molecule has 0 saturated carbocycles. The zero-order valence-corrected chi connectivity index (χ0v) is 13.7. The van der Waals surface area contributed by atoms with E-state index in [4.69, 9.17) is 4.98 Å². The van der Waals surface area contributed by atoms with Crippen molar-refractivity contribution in [3.05, 3.63) is 10.6 Å². The maximum Gasteiger partial charge on any atom is 0.186 e. The number of fused-ring (bicyclic) bond motifs is 1. The molecule has 112 valence electrons. The number of anilines is 1. The van der Waals surface area contributed by atoms with Crippen LogP contribution in [0.4, 0.5) is 5.13 Å². The Morgan fingerprint density at radius 3 is 2.95 bits per heavy atom. The second-order valence-corrected chi connectivity index (χ2v) is 7.35. The average molecular weight is 294 g/mol. The minimum Gasteiger partial charge on any atom is -0.344 e. The SMILES string of the molecule is CNC1CCCc2sc(N3CCCC3CN(C)C)nc21. The Balaban J connectivity index is 1.82. The number of likely N-dealkylation sites (N-methyl/N-ethyl adjacent to an activating group) is 1. The van der Waals surface area contributed by atoms with Crippen molar-refractivity contribution in [2.75, 3.05) is 39.1 Å². The van der Waals surface area contributed by atoms with Gasteiger partial charge in [0.2, 0.25) is 0 Å². The molecule has 2 heterocycles. The Hall–Kier alpha value is -0.650. The van der Waals surface area contributed by atoms with Crippen LogP contribution in [0.3, 0.4) is 0 Å². The minimum atomic E-state index is 0.471. The van der Waals surface area contributed by atoms with Gasteiger partial charge < -0.3 is 15.1 Å². The fourth-order valence-electron chi connectivity index (χ4n) is 3.51. The summed E-state index contributed by atoms with van der Waals surface area (Å²) >= 11 is 1.94. The number of aryl methyl sites for hydroxylation is 1. The average Bonchev–Trinajstić information content (AvgIpc) is 3.02. The van der Waals surface area contributed by atoms with Gasteiger partial charge in [0.25, 0.3) is 0 Å². The lowest BCUT2D eigenvalue weighted by molar-refractivity contribution is 0.372. The third-order valence-corrected chi connectivity index (χ3v) is 5.66. The smallest absolute Gasteiger partial charge is 0.186 e. The van der Waals surface area contributed by atoms with Crippen molar-refractivity contribution in [3.8, 4) is 0 Å². The van der Waals surface area contributed by atoms with E-state index < -0.39 is 0 Å². The van der Waals surface area contributed by atoms with Crippen LogP contribution in [0.15, 0.2) is 0 Å². The van der Waals surface area contributed by atoms with Gasteiger partial charge >= 0.3 is 0 Å². The van der Waals surface area contributed by atoms with E-state index in [2.05, 4.69) is 36.3 Å². The molecule has 0 radical (unpaired) electrons. The molecule has 3 rings (SSSR count). The van der Waals surface area contributed by atoms with E-state index in [-0.39, 0.29) is 0 Å². The maximum atomic E-state index is 5.01. The first-order chi connectivity index (χ1) is 9.69. The largest absolute Gasteiger partial charge is 0.344 e. The van der Waals surface area contributed by atoms with Crippen molar-refractivity contribution in [2.45, 2.75) is 44.2 Å². The van der Waals surface area contributed by atoms with Gasteiger partial charge in [-0.2, -0.15) is 0 Å². The lowest BCUT2D eigenvalue weighted by Gasteiger charge is -2.26. The van der Waals surface area contributed by atoms with E-state index in [1.807, 2.05) is 11.3 Å². The molecular weight excluding hydrogens is 268 g/mol. The topological polar surface area (TPSA) is 31.4 Å². The fraction of sp³-hybridized carbons (Fsp3) is 0.800. The van der Waals surface area contributed by atoms with Crippen LogP contribution >= 0.6 is 11.3 Å². The Kier molecular flexibility index (Phi) is 4.29. The summed E-state index contributed by atoms with van der Waals surface area (Å²) in [4.78, 5) is 11.4. The van der Waals surface area contributed by atoms with Gasteiger partial charge in [0, 0.05) is 24.0 Å². The van der Waals surface area contributed by atoms with Gasteiger partial charge in [0.05, 0.1) is 11.7 Å². The first-order valence-corrected chi connectivity index (χ1v) is 8.59. The normalized spacial score (nSPS) is 26.3. The molecular formula is C15H26N4S. The van der Waals surface area contributed by atoms with Crippen LogP contribution in [0.5, 0.6) is 0 Å². The zero-order chi connectivity index (χ0) is 14.1. The molecule has 1 fully saturated rings. The van der Waals surface area contributed by atoms with Gasteiger partial charge in [-0.05, 0) is 53.2 Å². The molecule has 2 aliphatic rings. The molecule has 1 aliphatic carbocycles. The molecule has 1 aromatic rings. The number of hydrogen-bond donors (Lipinski definition) is 1. The second-order valence-electron chi connectivity index (χ2n) is 6.29. The Morgan fingerprint density at radius 2 is 2.20 bits per heavy atom. The molecule has 0 aromatic carbocycles. The van der Waals surface area contributed by atoms with Crippen molar-refractivity contribution in [1.82, 2.24) is 15.2 Å². The van der Waals surface area contributed by atoms with Crippen molar-refractivity contribution >= 4 is 16.5 Å². The molecule has 20 heavy (non-hydrogen) atoms. The zero-order valence-electron chi connectivity index (χ0n) is 12.9. The summed E-state index contributed by atoms with van der Waals surface area (Å²) in [5, 5.41) is 4.69. The lowest BCUT2D eigenvalue weighted by Crippen LogP contribution is -2.37. The molecule has 0 bridgehead atoms. The summed E-state index contributed by atoms with van der Waals surface area (Å²) in [5.41, 5.74) is 1.33. The van der Waals surface area contributed by atoms with Gasteiger partial charge in [-0.1, -0.05) is 0 Å². The molecule has 1 saturated heterocycles. The van der Waals surface area contributed by atoms with Gasteiger partial charge in [0.1, 0.15) is 0 Å². The summed E-state index contributed by atoms with van der Waals surface area (Å²) in [6.45, 7) is 2.31. The second kappa shape index (κ2) is 6.00. The highest BCUT2D eigenvalue weighted by molar-refractivity contribution is 7.15. The van der Waals surface area contributed by atoms with Gasteiger partial charge in [-0.3, -0.25) is 0 Å². The van der Waals surface area contributed by atoms with Crippen LogP contribution in [0.25, 0.3) is 0 Å². The third-order valence-electron chi connectivity index (χ3n) is 4.49. The number of nitrogens with zero attached hydrogens (tertiary/aromatic N) is 3. The lowest BCUT2D eigenvalue weighted by atomic mass is 9.98. The van der Waals surface area contributed by atoms with E-state index in [1.54, 1.807) is 0 Å². The standard InChI is InChI=1S/C15H26N4S/c1-16-12-7-4-8-13-14(12)17-15(20-13)19-9-5-6-11(19)10-18(2)3/h11-12,16H,4-10H2,1-3H3. The quantitative estimate of drug-likeness (QED) is 0.923. The first-order valence-electron chi connectivity index (χ1n) is 7.77. The summed E-state index contributed by atoms with van der Waals surface area (Å²) in [6.07, 6.45) is 6.35. The minimum absolute atomic E-state index is 0.471. The molecule has 1 aromatic heterocycles. The fourth-order valence-corrected chi connectivity index (χ4v) is 4.77. The van der Waals surface area contributed by atoms with E-state index in [9.17, 15) is 0 Å². The van der Waals surface area contributed by atoms with Crippen LogP contribution < -0.4 is 10.2 Å². The molecule has 2 atom stereocenters. The van der Waals surface area contributed by atoms with Gasteiger partial charge in [-0.25, -0.2) is 4.98 Å². The summed E-state index contributed by atoms with van der Waals surface area (Å²) in [6, 6.07) is 1.12. The number of hydrogen-bond acceptors (Lipinski definition) is 5. The van der Waals surface area contributed by atoms with Gasteiger partial charge in [-0.15, -0.1) is 11.3 Å². The van der Waals surface area contributed by atoms with Crippen LogP contribution in [0.2, 0.25) is 0 Å². The maximum absolute atomic E-state index is 5.01. The molecule has 0 spiro atoms. The highest BCUT2D eigenvalue weighted by Crippen LogP contribution is 2.38. The predicted octanol–water partition coefficient (Wildman–Crippen LogP) is 2.27. The molecule has 1 N–H and O–H groups in total. The van der Waals surface area contributed by atoms with Crippen LogP contribution in [0, 0.1) is 0 Å². The Bertz CT molecular complexity index is 457. The van der Waals surface area contributed by atoms with E-state index in [1.165, 1.54) is 54.4 Å². The Labute approximate surface area is 126 Å². The van der Waals surface area contributed by atoms with Gasteiger partial charge in [0.15, 0.2) is 5.13 Å². The molecule has 5 heteroatoms. The number of thiazole rings is 1. The Morgan fingerprint density at radius 1 is 1.35 bits per heavy atom. The number of nitrogens with one attached hydrogen (secondary N) is 1. The number of rotatable bonds is 4. The monoisotopic (exact) mass is 294 g/mol. The molecule has 1 aliphatic heterocycles. The van der Waals surface area contributed by atoms with E-state index in [0.717, 1.165) is 6.54 Å².